The molecule has 22 heteroatoms. The summed E-state index contributed by atoms with van der Waals surface area (Å²) in [6.07, 6.45) is 7.30. The van der Waals surface area contributed by atoms with Gasteiger partial charge in [0.2, 0.25) is 17.3 Å². The molecular formula is C30H15FeN3O15S3-3. The fraction of sp³-hybridized carbons (Fsp3) is 0. The first-order valence-corrected chi connectivity index (χ1v) is 17.6. The van der Waals surface area contributed by atoms with E-state index in [1.807, 2.05) is 0 Å². The Bertz CT molecular complexity index is 2260. The van der Waals surface area contributed by atoms with Gasteiger partial charge in [-0.2, -0.15) is 0 Å². The van der Waals surface area contributed by atoms with E-state index in [4.69, 9.17) is 0 Å². The van der Waals surface area contributed by atoms with Gasteiger partial charge in [-0.25, -0.2) is 25.3 Å². The van der Waals surface area contributed by atoms with E-state index in [1.54, 1.807) is 0 Å². The van der Waals surface area contributed by atoms with E-state index in [9.17, 15) is 68.9 Å². The Morgan fingerprint density at radius 1 is 0.404 bits per heavy atom. The molecule has 6 rings (SSSR count). The van der Waals surface area contributed by atoms with Crippen molar-refractivity contribution in [3.63, 3.8) is 0 Å². The van der Waals surface area contributed by atoms with E-state index in [1.165, 1.54) is 36.4 Å². The van der Waals surface area contributed by atoms with Crippen LogP contribution < -0.4 is 0 Å². The van der Waals surface area contributed by atoms with Crippen LogP contribution in [0.25, 0.3) is 18.2 Å². The van der Waals surface area contributed by atoms with Crippen LogP contribution in [0.3, 0.4) is 0 Å². The Hall–Kier alpha value is -5.45. The van der Waals surface area contributed by atoms with Crippen molar-refractivity contribution in [2.24, 2.45) is 15.5 Å². The van der Waals surface area contributed by atoms with E-state index in [2.05, 4.69) is 15.5 Å². The van der Waals surface area contributed by atoms with Crippen LogP contribution in [0.15, 0.2) is 103 Å². The van der Waals surface area contributed by atoms with Gasteiger partial charge in [0.1, 0.15) is 47.5 Å². The van der Waals surface area contributed by atoms with Gasteiger partial charge in [0.25, 0.3) is 0 Å². The third-order valence-electron chi connectivity index (χ3n) is 6.92. The Morgan fingerprint density at radius 3 is 0.827 bits per heavy atom. The molecule has 0 heterocycles. The predicted octanol–water partition coefficient (Wildman–Crippen LogP) is 1.42. The average Bonchev–Trinajstić information content (AvgIpc) is 3.07. The second-order valence-corrected chi connectivity index (χ2v) is 14.2. The first-order valence-electron chi connectivity index (χ1n) is 13.4. The van der Waals surface area contributed by atoms with Gasteiger partial charge in [0.15, 0.2) is 0 Å². The predicted molar refractivity (Wildman–Crippen MR) is 175 cm³/mol. The van der Waals surface area contributed by atoms with E-state index >= 15 is 0 Å². The summed E-state index contributed by atoms with van der Waals surface area (Å²) >= 11 is 0. The standard InChI is InChI=1S/3C10H7NO5S.Fe/c3*12-9-4-1-6-5-7(17(14,15)16)2-3-8(6)10(9)11-13;/h3*1-5,13H,(H,14,15,16);/q;;;+3/p-6/b2*11-10+;;. The maximum absolute atomic E-state index is 11.3. The van der Waals surface area contributed by atoms with Gasteiger partial charge in [-0.3, -0.25) is 14.4 Å². The first kappa shape index (κ1) is 41.0. The number of carbonyl (C=O) groups is 3. The zero-order valence-electron chi connectivity index (χ0n) is 25.2. The molecule has 0 amide bonds. The summed E-state index contributed by atoms with van der Waals surface area (Å²) in [4.78, 5) is 32.6. The summed E-state index contributed by atoms with van der Waals surface area (Å²) in [5, 5.41) is 39.3. The van der Waals surface area contributed by atoms with Gasteiger partial charge in [-0.1, -0.05) is 36.4 Å². The molecule has 0 spiro atoms. The zero-order chi connectivity index (χ0) is 37.9. The minimum atomic E-state index is -4.56. The van der Waals surface area contributed by atoms with Crippen LogP contribution in [0, 0.1) is 15.6 Å². The van der Waals surface area contributed by atoms with Gasteiger partial charge in [0.05, 0.1) is 14.7 Å². The molecule has 0 saturated carbocycles. The van der Waals surface area contributed by atoms with Crippen LogP contribution in [-0.4, -0.2) is 73.4 Å². The van der Waals surface area contributed by atoms with Gasteiger partial charge in [0, 0.05) is 16.7 Å². The van der Waals surface area contributed by atoms with Crippen LogP contribution in [0.4, 0.5) is 0 Å². The normalized spacial score (nSPS) is 16.9. The van der Waals surface area contributed by atoms with Gasteiger partial charge < -0.3 is 44.7 Å². The molecule has 3 aliphatic carbocycles. The van der Waals surface area contributed by atoms with Crippen LogP contribution in [-0.2, 0) is 61.8 Å². The van der Waals surface area contributed by atoms with Gasteiger partial charge in [-0.15, -0.1) is 0 Å². The first-order chi connectivity index (χ1) is 23.8. The van der Waals surface area contributed by atoms with Crippen molar-refractivity contribution >= 4 is 83.1 Å². The minimum Gasteiger partial charge on any atom is -0.791 e. The van der Waals surface area contributed by atoms with Gasteiger partial charge >= 0.3 is 17.1 Å². The van der Waals surface area contributed by atoms with Crippen molar-refractivity contribution in [3.05, 3.63) is 122 Å². The molecule has 0 N–H and O–H groups in total. The van der Waals surface area contributed by atoms with Crippen LogP contribution >= 0.6 is 0 Å². The molecule has 3 aromatic rings. The maximum atomic E-state index is 11.3. The molecular weight excluding hydrogens is 794 g/mol. The molecule has 52 heavy (non-hydrogen) atoms. The number of carbonyl (C=O) groups excluding carboxylic acids is 3. The quantitative estimate of drug-likeness (QED) is 0.205. The van der Waals surface area contributed by atoms with E-state index in [0.29, 0.717) is 16.7 Å². The van der Waals surface area contributed by atoms with Crippen molar-refractivity contribution in [2.45, 2.75) is 14.7 Å². The Kier molecular flexibility index (Phi) is 12.5. The van der Waals surface area contributed by atoms with Crippen LogP contribution in [0.1, 0.15) is 33.4 Å². The number of ketones is 3. The summed E-state index contributed by atoms with van der Waals surface area (Å²) in [6, 6.07) is 10.1. The molecule has 269 valence electrons. The molecule has 0 saturated heterocycles. The Labute approximate surface area is 304 Å². The van der Waals surface area contributed by atoms with Crippen LogP contribution in [0.5, 0.6) is 0 Å². The minimum absolute atomic E-state index is 0. The fourth-order valence-electron chi connectivity index (χ4n) is 4.56. The largest absolute Gasteiger partial charge is 3.00 e. The Balaban J connectivity index is 0.000000208. The number of rotatable bonds is 3. The number of allylic oxidation sites excluding steroid dienone is 3. The van der Waals surface area contributed by atoms with Crippen molar-refractivity contribution in [2.75, 3.05) is 0 Å². The van der Waals surface area contributed by atoms with E-state index in [-0.39, 0.29) is 50.9 Å². The summed E-state index contributed by atoms with van der Waals surface area (Å²) in [7, 11) is -13.7. The molecule has 1 radical (unpaired) electrons. The number of hydrogen-bond donors (Lipinski definition) is 0. The molecule has 0 aliphatic heterocycles. The van der Waals surface area contributed by atoms with E-state index in [0.717, 1.165) is 54.6 Å². The molecule has 0 unspecified atom stereocenters. The number of nitrogens with zero attached hydrogens (tertiary/aromatic N) is 3. The monoisotopic (exact) mass is 809 g/mol. The molecule has 3 aliphatic rings. The summed E-state index contributed by atoms with van der Waals surface area (Å²) in [5.41, 5.74) is 0.690. The third kappa shape index (κ3) is 9.06. The number of fused-ring (bicyclic) bond motifs is 3. The summed E-state index contributed by atoms with van der Waals surface area (Å²) < 4.78 is 97.2. The zero-order valence-corrected chi connectivity index (χ0v) is 28.8. The second-order valence-electron chi connectivity index (χ2n) is 10.0. The number of hydrogen-bond acceptors (Lipinski definition) is 18. The molecule has 3 aromatic carbocycles. The van der Waals surface area contributed by atoms with Crippen molar-refractivity contribution in [1.29, 1.82) is 0 Å². The molecule has 0 bridgehead atoms. The van der Waals surface area contributed by atoms with Crippen LogP contribution in [0.2, 0.25) is 0 Å². The molecule has 0 aromatic heterocycles. The van der Waals surface area contributed by atoms with Crippen molar-refractivity contribution in [3.8, 4) is 0 Å². The summed E-state index contributed by atoms with van der Waals surface area (Å²) in [5.74, 6) is -1.65. The average molecular weight is 810 g/mol. The van der Waals surface area contributed by atoms with Crippen molar-refractivity contribution < 1.29 is 70.4 Å². The maximum Gasteiger partial charge on any atom is 3.00 e. The summed E-state index contributed by atoms with van der Waals surface area (Å²) in [6.45, 7) is 0. The molecule has 18 nitrogen and oxygen atoms in total. The molecule has 0 fully saturated rings. The van der Waals surface area contributed by atoms with Crippen molar-refractivity contribution in [1.82, 2.24) is 0 Å². The second kappa shape index (κ2) is 15.8. The smallest absolute Gasteiger partial charge is 0.791 e. The van der Waals surface area contributed by atoms with E-state index < -0.39 is 62.4 Å². The fourth-order valence-corrected chi connectivity index (χ4v) is 6.08. The molecule has 0 atom stereocenters. The third-order valence-corrected chi connectivity index (χ3v) is 9.41. The Morgan fingerprint density at radius 2 is 0.635 bits per heavy atom. The van der Waals surface area contributed by atoms with Gasteiger partial charge in [-0.05, 0) is 71.3 Å². The SMILES string of the molecule is O=C1C=Cc2cc(S(=O)(=O)[O-])ccc2/C1=N\[O-].O=C1C=Cc2cc(S(=O)(=O)[O-])ccc2/C1=N\[O-].O=C1C=Cc2cc(S(=O)(=O)[O-])ccc2C1=N[O-].[Fe+3]. The number of benzene rings is 3. The topological polar surface area (TPSA) is 329 Å².